The van der Waals surface area contributed by atoms with Crippen molar-refractivity contribution in [2.24, 2.45) is 0 Å². The van der Waals surface area contributed by atoms with Gasteiger partial charge in [0.1, 0.15) is 12.6 Å². The third-order valence-electron chi connectivity index (χ3n) is 2.53. The highest BCUT2D eigenvalue weighted by Crippen LogP contribution is 2.13. The second-order valence-electron chi connectivity index (χ2n) is 4.04. The number of hydrogen-bond donors (Lipinski definition) is 1. The van der Waals surface area contributed by atoms with Gasteiger partial charge >= 0.3 is 5.97 Å². The number of aliphatic carboxylic acids is 1. The number of pyridine rings is 1. The summed E-state index contributed by atoms with van der Waals surface area (Å²) in [6.07, 6.45) is 5.33. The molecule has 0 amide bonds. The standard InChI is InChI=1S/C13H13N3O2/c1-10-2-3-12(14-8-10)11-4-6-16(15-9-11)7-5-13(17)18/h2-4,6,8-9H,5,7H2,1H3/p+1. The van der Waals surface area contributed by atoms with Gasteiger partial charge in [-0.25, -0.2) is 0 Å². The van der Waals surface area contributed by atoms with E-state index in [1.54, 1.807) is 23.3 Å². The summed E-state index contributed by atoms with van der Waals surface area (Å²) in [6.45, 7) is 2.36. The predicted molar refractivity (Wildman–Crippen MR) is 64.7 cm³/mol. The van der Waals surface area contributed by atoms with Gasteiger partial charge in [0.15, 0.2) is 12.7 Å². The lowest BCUT2D eigenvalue weighted by Crippen LogP contribution is -2.38. The highest BCUT2D eigenvalue weighted by molar-refractivity contribution is 5.66. The SMILES string of the molecule is Cc1ccc(-c2cc[n+](CCC(=O)O)nc2)nc1. The van der Waals surface area contributed by atoms with Gasteiger partial charge in [-0.3, -0.25) is 9.78 Å². The fourth-order valence-corrected chi connectivity index (χ4v) is 1.52. The quantitative estimate of drug-likeness (QED) is 0.821. The Kier molecular flexibility index (Phi) is 3.62. The fourth-order valence-electron chi connectivity index (χ4n) is 1.52. The summed E-state index contributed by atoms with van der Waals surface area (Å²) in [5.41, 5.74) is 2.89. The van der Waals surface area contributed by atoms with Crippen LogP contribution in [0.15, 0.2) is 36.8 Å². The Bertz CT molecular complexity index is 535. The van der Waals surface area contributed by atoms with Crippen LogP contribution in [0.2, 0.25) is 0 Å². The Morgan fingerprint density at radius 1 is 1.33 bits per heavy atom. The van der Waals surface area contributed by atoms with Crippen molar-refractivity contribution in [1.82, 2.24) is 10.1 Å². The minimum absolute atomic E-state index is 0.0692. The summed E-state index contributed by atoms with van der Waals surface area (Å²) in [5.74, 6) is -0.825. The first-order valence-corrected chi connectivity index (χ1v) is 5.66. The van der Waals surface area contributed by atoms with Crippen molar-refractivity contribution >= 4 is 5.97 Å². The average molecular weight is 244 g/mol. The van der Waals surface area contributed by atoms with Gasteiger partial charge in [0.05, 0.1) is 5.69 Å². The Hall–Kier alpha value is -2.30. The van der Waals surface area contributed by atoms with Crippen LogP contribution in [0.4, 0.5) is 0 Å². The molecule has 2 aromatic heterocycles. The van der Waals surface area contributed by atoms with E-state index in [1.807, 2.05) is 25.1 Å². The van der Waals surface area contributed by atoms with Crippen molar-refractivity contribution in [3.8, 4) is 11.3 Å². The van der Waals surface area contributed by atoms with Gasteiger partial charge in [0, 0.05) is 17.8 Å². The van der Waals surface area contributed by atoms with Crippen LogP contribution in [0.25, 0.3) is 11.3 Å². The first-order chi connectivity index (χ1) is 8.65. The molecule has 0 atom stereocenters. The summed E-state index contributed by atoms with van der Waals surface area (Å²) < 4.78 is 1.60. The average Bonchev–Trinajstić information content (AvgIpc) is 2.38. The lowest BCUT2D eigenvalue weighted by Gasteiger charge is -1.99. The molecule has 5 nitrogen and oxygen atoms in total. The Labute approximate surface area is 105 Å². The molecule has 18 heavy (non-hydrogen) atoms. The molecule has 0 spiro atoms. The molecular weight excluding hydrogens is 230 g/mol. The van der Waals surface area contributed by atoms with E-state index in [-0.39, 0.29) is 6.42 Å². The van der Waals surface area contributed by atoms with E-state index < -0.39 is 5.97 Å². The molecule has 0 unspecified atom stereocenters. The fraction of sp³-hybridized carbons (Fsp3) is 0.231. The Morgan fingerprint density at radius 2 is 2.17 bits per heavy atom. The van der Waals surface area contributed by atoms with Crippen molar-refractivity contribution in [3.05, 3.63) is 42.4 Å². The van der Waals surface area contributed by atoms with Gasteiger partial charge in [0.2, 0.25) is 0 Å². The topological polar surface area (TPSA) is 67.0 Å². The van der Waals surface area contributed by atoms with E-state index in [0.717, 1.165) is 16.8 Å². The highest BCUT2D eigenvalue weighted by Gasteiger charge is 2.07. The van der Waals surface area contributed by atoms with Gasteiger partial charge in [-0.2, -0.15) is 0 Å². The molecule has 5 heteroatoms. The maximum Gasteiger partial charge on any atom is 0.309 e. The smallest absolute Gasteiger partial charge is 0.309 e. The molecule has 2 rings (SSSR count). The number of carboxylic acid groups (broad SMARTS) is 1. The summed E-state index contributed by atoms with van der Waals surface area (Å²) >= 11 is 0. The lowest BCUT2D eigenvalue weighted by atomic mass is 10.2. The number of rotatable bonds is 4. The maximum absolute atomic E-state index is 10.4. The number of hydrogen-bond acceptors (Lipinski definition) is 3. The minimum atomic E-state index is -0.825. The van der Waals surface area contributed by atoms with Crippen molar-refractivity contribution in [2.75, 3.05) is 0 Å². The Morgan fingerprint density at radius 3 is 2.72 bits per heavy atom. The maximum atomic E-state index is 10.4. The van der Waals surface area contributed by atoms with E-state index >= 15 is 0 Å². The van der Waals surface area contributed by atoms with Crippen LogP contribution in [0.1, 0.15) is 12.0 Å². The van der Waals surface area contributed by atoms with Crippen LogP contribution in [-0.4, -0.2) is 21.2 Å². The van der Waals surface area contributed by atoms with Crippen LogP contribution in [-0.2, 0) is 11.3 Å². The first-order valence-electron chi connectivity index (χ1n) is 5.66. The van der Waals surface area contributed by atoms with E-state index in [0.29, 0.717) is 6.54 Å². The molecule has 0 bridgehead atoms. The van der Waals surface area contributed by atoms with Gasteiger partial charge in [-0.1, -0.05) is 10.7 Å². The van der Waals surface area contributed by atoms with E-state index in [1.165, 1.54) is 0 Å². The molecule has 2 aromatic rings. The second-order valence-corrected chi connectivity index (χ2v) is 4.04. The van der Waals surface area contributed by atoms with Gasteiger partial charge < -0.3 is 5.11 Å². The van der Waals surface area contributed by atoms with Crippen LogP contribution in [0.5, 0.6) is 0 Å². The van der Waals surface area contributed by atoms with E-state index in [9.17, 15) is 4.79 Å². The molecule has 2 heterocycles. The summed E-state index contributed by atoms with van der Waals surface area (Å²) in [5, 5.41) is 12.7. The summed E-state index contributed by atoms with van der Waals surface area (Å²) in [6, 6.07) is 5.81. The largest absolute Gasteiger partial charge is 0.481 e. The lowest BCUT2D eigenvalue weighted by molar-refractivity contribution is -0.752. The van der Waals surface area contributed by atoms with Crippen molar-refractivity contribution < 1.29 is 14.6 Å². The first kappa shape index (κ1) is 12.2. The second kappa shape index (κ2) is 5.35. The number of aryl methyl sites for hydroxylation is 2. The predicted octanol–water partition coefficient (Wildman–Crippen LogP) is 1.21. The van der Waals surface area contributed by atoms with Crippen molar-refractivity contribution in [1.29, 1.82) is 0 Å². The molecular formula is C13H14N3O2+. The third kappa shape index (κ3) is 3.10. The molecule has 0 radical (unpaired) electrons. The molecule has 92 valence electrons. The van der Waals surface area contributed by atoms with E-state index in [4.69, 9.17) is 5.11 Å². The van der Waals surface area contributed by atoms with Gasteiger partial charge in [-0.05, 0) is 23.7 Å². The molecule has 0 aliphatic heterocycles. The molecule has 0 aliphatic rings. The highest BCUT2D eigenvalue weighted by atomic mass is 16.4. The zero-order chi connectivity index (χ0) is 13.0. The minimum Gasteiger partial charge on any atom is -0.481 e. The number of carboxylic acids is 1. The zero-order valence-corrected chi connectivity index (χ0v) is 10.1. The number of carbonyl (C=O) groups is 1. The van der Waals surface area contributed by atoms with Crippen molar-refractivity contribution in [2.45, 2.75) is 19.9 Å². The zero-order valence-electron chi connectivity index (χ0n) is 10.1. The normalized spacial score (nSPS) is 10.3. The van der Waals surface area contributed by atoms with Crippen LogP contribution in [0, 0.1) is 6.92 Å². The number of aromatic nitrogens is 3. The monoisotopic (exact) mass is 244 g/mol. The Balaban J connectivity index is 2.12. The third-order valence-corrected chi connectivity index (χ3v) is 2.53. The van der Waals surface area contributed by atoms with E-state index in [2.05, 4.69) is 10.1 Å². The van der Waals surface area contributed by atoms with Crippen molar-refractivity contribution in [3.63, 3.8) is 0 Å². The molecule has 0 aromatic carbocycles. The van der Waals surface area contributed by atoms with Crippen LogP contribution >= 0.6 is 0 Å². The van der Waals surface area contributed by atoms with Crippen LogP contribution in [0.3, 0.4) is 0 Å². The molecule has 0 saturated carbocycles. The van der Waals surface area contributed by atoms with Gasteiger partial charge in [-0.15, -0.1) is 0 Å². The summed E-state index contributed by atoms with van der Waals surface area (Å²) in [7, 11) is 0. The summed E-state index contributed by atoms with van der Waals surface area (Å²) in [4.78, 5) is 14.8. The van der Waals surface area contributed by atoms with Gasteiger partial charge in [0.25, 0.3) is 0 Å². The molecule has 0 saturated heterocycles. The molecule has 0 aliphatic carbocycles. The molecule has 1 N–H and O–H groups in total. The van der Waals surface area contributed by atoms with Crippen LogP contribution < -0.4 is 4.68 Å². The number of nitrogens with zero attached hydrogens (tertiary/aromatic N) is 3. The molecule has 0 fully saturated rings.